The van der Waals surface area contributed by atoms with Crippen LogP contribution in [0, 0.1) is 0 Å². The molecule has 396 valence electrons. The van der Waals surface area contributed by atoms with E-state index in [2.05, 4.69) is 42.3 Å². The lowest BCUT2D eigenvalue weighted by Crippen LogP contribution is -2.64. The number of alkyl halides is 25. The van der Waals surface area contributed by atoms with Gasteiger partial charge in [0, 0.05) is 18.0 Å². The van der Waals surface area contributed by atoms with Gasteiger partial charge in [0.15, 0.2) is 5.82 Å². The second kappa shape index (κ2) is 22.4. The van der Waals surface area contributed by atoms with E-state index < -0.39 is 94.0 Å². The van der Waals surface area contributed by atoms with Crippen LogP contribution in [0.4, 0.5) is 109 Å². The summed E-state index contributed by atoms with van der Waals surface area (Å²) in [5.41, 5.74) is 1.61. The number of benzene rings is 1. The lowest BCUT2D eigenvalue weighted by molar-refractivity contribution is -0.543. The van der Waals surface area contributed by atoms with Gasteiger partial charge >= 0.3 is 76.0 Å². The Balaban J connectivity index is 0.00000115. The predicted octanol–water partition coefficient (Wildman–Crippen LogP) is 13.2. The number of nitrogens with zero attached hydrogens (tertiary/aromatic N) is 2. The van der Waals surface area contributed by atoms with Gasteiger partial charge in [0.1, 0.15) is 19.0 Å². The van der Waals surface area contributed by atoms with Crippen LogP contribution < -0.4 is 4.74 Å². The van der Waals surface area contributed by atoms with Gasteiger partial charge in [0.05, 0.1) is 11.4 Å². The van der Waals surface area contributed by atoms with Crippen LogP contribution in [0.5, 0.6) is 5.75 Å². The number of hydrogen-bond donors (Lipinski definition) is 0. The van der Waals surface area contributed by atoms with Crippen molar-refractivity contribution in [2.24, 2.45) is 0 Å². The van der Waals surface area contributed by atoms with Crippen LogP contribution in [-0.2, 0) is 30.9 Å². The summed E-state index contributed by atoms with van der Waals surface area (Å²) in [7, 11) is -7.67. The van der Waals surface area contributed by atoms with E-state index in [1.54, 1.807) is 29.3 Å². The third kappa shape index (κ3) is 15.3. The molecular formula is C33H30BrF25N2O6S. The maximum absolute atomic E-state index is 13.8. The Bertz CT molecular complexity index is 1990. The minimum Gasteiger partial charge on any atom is -0.492 e. The molecule has 0 radical (unpaired) electrons. The lowest BCUT2D eigenvalue weighted by Gasteiger charge is -2.36. The van der Waals surface area contributed by atoms with Crippen LogP contribution in [-0.4, -0.2) is 109 Å². The number of aryl methyl sites for hydroxylation is 1. The van der Waals surface area contributed by atoms with Crippen molar-refractivity contribution in [3.8, 4) is 17.1 Å². The van der Waals surface area contributed by atoms with E-state index in [0.717, 1.165) is 31.2 Å². The van der Waals surface area contributed by atoms with Crippen LogP contribution in [0.25, 0.3) is 11.4 Å². The molecule has 1 heterocycles. The molecule has 1 atom stereocenters. The Hall–Kier alpha value is -3.34. The van der Waals surface area contributed by atoms with E-state index in [4.69, 9.17) is 4.74 Å². The van der Waals surface area contributed by atoms with Gasteiger partial charge in [-0.1, -0.05) is 58.8 Å². The third-order valence-corrected chi connectivity index (χ3v) is 9.44. The van der Waals surface area contributed by atoms with Crippen LogP contribution in [0.2, 0.25) is 0 Å². The molecule has 0 unspecified atom stereocenters. The number of rotatable bonds is 25. The van der Waals surface area contributed by atoms with E-state index in [0.29, 0.717) is 11.4 Å². The van der Waals surface area contributed by atoms with Gasteiger partial charge < -0.3 is 9.47 Å². The van der Waals surface area contributed by atoms with Crippen LogP contribution >= 0.6 is 15.9 Å². The molecule has 0 N–H and O–H groups in total. The maximum atomic E-state index is 13.8. The molecule has 2 rings (SSSR count). The van der Waals surface area contributed by atoms with E-state index in [-0.39, 0.29) is 12.4 Å². The molecule has 0 saturated heterocycles. The average Bonchev–Trinajstić information content (AvgIpc) is 3.16. The highest BCUT2D eigenvalue weighted by molar-refractivity contribution is 9.09. The summed E-state index contributed by atoms with van der Waals surface area (Å²) < 4.78 is 347. The zero-order valence-electron chi connectivity index (χ0n) is 33.2. The molecule has 8 nitrogen and oxygen atoms in total. The fourth-order valence-corrected chi connectivity index (χ4v) is 5.17. The Morgan fingerprint density at radius 2 is 1.01 bits per heavy atom. The molecule has 0 aliphatic heterocycles. The Morgan fingerprint density at radius 1 is 0.574 bits per heavy atom. The van der Waals surface area contributed by atoms with Crippen molar-refractivity contribution in [2.45, 2.75) is 122 Å². The smallest absolute Gasteiger partial charge is 0.460 e. The van der Waals surface area contributed by atoms with Crippen molar-refractivity contribution in [3.63, 3.8) is 0 Å². The lowest BCUT2D eigenvalue weighted by atomic mass is 10.1. The zero-order valence-corrected chi connectivity index (χ0v) is 35.6. The summed E-state index contributed by atoms with van der Waals surface area (Å²) in [6, 6.07) is 6.21. The minimum atomic E-state index is -7.92. The summed E-state index contributed by atoms with van der Waals surface area (Å²) in [6.45, 7) is -1.33. The number of ether oxygens (including phenoxy) is 4. The van der Waals surface area contributed by atoms with Crippen LogP contribution in [0.3, 0.4) is 0 Å². The number of unbranched alkanes of at least 4 members (excludes halogenated alkanes) is 5. The summed E-state index contributed by atoms with van der Waals surface area (Å²) >= 11 is 2.93. The first-order chi connectivity index (χ1) is 30.3. The monoisotopic (exact) mass is 1140 g/mol. The molecule has 1 aromatic heterocycles. The highest BCUT2D eigenvalue weighted by Crippen LogP contribution is 2.57. The van der Waals surface area contributed by atoms with Gasteiger partial charge in [0.2, 0.25) is 0 Å². The number of halogens is 26. The van der Waals surface area contributed by atoms with Crippen molar-refractivity contribution in [2.75, 3.05) is 19.8 Å². The average molecular weight is 1140 g/mol. The molecule has 68 heavy (non-hydrogen) atoms. The molecule has 1 aromatic carbocycles. The molecule has 0 saturated carbocycles. The van der Waals surface area contributed by atoms with E-state index in [9.17, 15) is 118 Å². The van der Waals surface area contributed by atoms with Gasteiger partial charge in [-0.25, -0.2) is 19.4 Å². The molecule has 0 spiro atoms. The summed E-state index contributed by atoms with van der Waals surface area (Å²) in [6.07, 6.45) is -31.1. The maximum Gasteiger partial charge on any atom is 0.460 e. The van der Waals surface area contributed by atoms with Gasteiger partial charge in [-0.3, -0.25) is 0 Å². The van der Waals surface area contributed by atoms with Crippen molar-refractivity contribution in [3.05, 3.63) is 42.2 Å². The summed E-state index contributed by atoms with van der Waals surface area (Å²) in [4.78, 5) is 7.69. The molecule has 0 amide bonds. The van der Waals surface area contributed by atoms with Crippen molar-refractivity contribution < 1.29 is 137 Å². The second-order valence-corrected chi connectivity index (χ2v) is 16.2. The fourth-order valence-electron chi connectivity index (χ4n) is 4.42. The van der Waals surface area contributed by atoms with Gasteiger partial charge in [-0.2, -0.15) is 114 Å². The largest absolute Gasteiger partial charge is 0.492 e. The van der Waals surface area contributed by atoms with Gasteiger partial charge in [0.25, 0.3) is 0 Å². The van der Waals surface area contributed by atoms with Gasteiger partial charge in [-0.05, 0) is 42.7 Å². The van der Waals surface area contributed by atoms with Gasteiger partial charge in [-0.15, -0.1) is 0 Å². The summed E-state index contributed by atoms with van der Waals surface area (Å²) in [5, 5.41) is -7.22. The van der Waals surface area contributed by atoms with E-state index in [1.807, 2.05) is 0 Å². The zero-order chi connectivity index (χ0) is 53.4. The second-order valence-electron chi connectivity index (χ2n) is 13.5. The van der Waals surface area contributed by atoms with Crippen molar-refractivity contribution in [1.82, 2.24) is 9.97 Å². The third-order valence-electron chi connectivity index (χ3n) is 8.05. The first kappa shape index (κ1) is 62.7. The molecule has 0 aliphatic rings. The highest BCUT2D eigenvalue weighted by atomic mass is 79.9. The SMILES string of the molecule is CCCCCCCCc1cnc(-c2ccc(OC[C@@H](Br)COCC(F)(F)OC(F)(F)C(F)(F)OC(F)(F)C(F)(F)C(F)(F)C(F)(F)F)cc2)nc1.O=S(=O)(F)C(F)(F)C(F)(F)C(F)(F)C(F)(F)F. The topological polar surface area (TPSA) is 96.8 Å². The standard InChI is InChI=1S/C29H30BrF15N2O4.C4F10O2S/c1-2-3-4-5-6-7-8-18-13-46-22(47-14-18)19-9-11-21(12-10-19)49-16-20(30)15-48-17-23(31,32)50-28(42,43)29(44,45)51-27(40,41)25(35,36)24(33,34)26(37,38)39;5-1(6,3(9,10)11)2(7,8)4(12,13)17(14,15)16/h9-14,20H,2-8,15-17H2,1H3;/t20-;/m0./s1. The van der Waals surface area contributed by atoms with E-state index in [1.165, 1.54) is 31.4 Å². The number of hydrogen-bond acceptors (Lipinski definition) is 8. The van der Waals surface area contributed by atoms with Crippen LogP contribution in [0.15, 0.2) is 36.7 Å². The molecule has 0 fully saturated rings. The minimum absolute atomic E-state index is 0.244. The van der Waals surface area contributed by atoms with Crippen molar-refractivity contribution >= 4 is 26.2 Å². The predicted molar refractivity (Wildman–Crippen MR) is 182 cm³/mol. The van der Waals surface area contributed by atoms with Crippen molar-refractivity contribution in [1.29, 1.82) is 0 Å². The number of aromatic nitrogens is 2. The Morgan fingerprint density at radius 3 is 1.47 bits per heavy atom. The molecule has 0 bridgehead atoms. The van der Waals surface area contributed by atoms with Crippen LogP contribution in [0.1, 0.15) is 51.0 Å². The first-order valence-corrected chi connectivity index (χ1v) is 20.2. The molecule has 0 aliphatic carbocycles. The highest BCUT2D eigenvalue weighted by Gasteiger charge is 2.87. The van der Waals surface area contributed by atoms with E-state index >= 15 is 0 Å². The normalized spacial score (nSPS) is 14.9. The molecule has 2 aromatic rings. The first-order valence-electron chi connectivity index (χ1n) is 17.9. The summed E-state index contributed by atoms with van der Waals surface area (Å²) in [5.74, 6) is -30.0. The quantitative estimate of drug-likeness (QED) is 0.0420. The Labute approximate surface area is 374 Å². The molecular weight excluding hydrogens is 1110 g/mol. The Kier molecular flexibility index (Phi) is 20.6. The molecule has 35 heteroatoms. The fraction of sp³-hybridized carbons (Fsp3) is 0.697.